The second kappa shape index (κ2) is 9.35. The summed E-state index contributed by atoms with van der Waals surface area (Å²) >= 11 is 1.94. The molecule has 1 aliphatic rings. The number of fused-ring (bicyclic) bond motifs is 1. The molecule has 0 saturated carbocycles. The van der Waals surface area contributed by atoms with Crippen LogP contribution < -0.4 is 5.06 Å². The monoisotopic (exact) mass is 551 g/mol. The maximum absolute atomic E-state index is 14.6. The van der Waals surface area contributed by atoms with Gasteiger partial charge in [-0.2, -0.15) is 0 Å². The Balaban J connectivity index is 1.81. The van der Waals surface area contributed by atoms with Crippen molar-refractivity contribution in [2.24, 2.45) is 0 Å². The number of pyridine rings is 1. The Labute approximate surface area is 197 Å². The number of anilines is 1. The summed E-state index contributed by atoms with van der Waals surface area (Å²) in [4.78, 5) is 37.5. The van der Waals surface area contributed by atoms with Gasteiger partial charge in [0.1, 0.15) is 11.6 Å². The second-order valence-corrected chi connectivity index (χ2v) is 8.83. The van der Waals surface area contributed by atoms with Crippen LogP contribution in [0.25, 0.3) is 10.8 Å². The number of aromatic nitrogens is 1. The lowest BCUT2D eigenvalue weighted by Crippen LogP contribution is -2.43. The number of piperidine rings is 1. The van der Waals surface area contributed by atoms with E-state index in [1.807, 2.05) is 22.6 Å². The molecule has 0 unspecified atom stereocenters. The first-order valence-corrected chi connectivity index (χ1v) is 11.2. The van der Waals surface area contributed by atoms with E-state index < -0.39 is 23.6 Å². The quantitative estimate of drug-likeness (QED) is 0.307. The Morgan fingerprint density at radius 2 is 1.84 bits per heavy atom. The van der Waals surface area contributed by atoms with Gasteiger partial charge >= 0.3 is 6.09 Å². The number of carbonyl (C=O) groups excluding carboxylic acids is 2. The normalized spacial score (nSPS) is 13.8. The number of amides is 2. The summed E-state index contributed by atoms with van der Waals surface area (Å²) < 4.78 is 29.2. The lowest BCUT2D eigenvalue weighted by atomic mass is 10.1. The van der Waals surface area contributed by atoms with E-state index in [0.29, 0.717) is 33.0 Å². The molecule has 6 nitrogen and oxygen atoms in total. The fourth-order valence-electron chi connectivity index (χ4n) is 3.78. The van der Waals surface area contributed by atoms with Crippen molar-refractivity contribution in [1.29, 1.82) is 0 Å². The fourth-order valence-corrected chi connectivity index (χ4v) is 4.23. The lowest BCUT2D eigenvalue weighted by Gasteiger charge is -2.29. The smallest absolute Gasteiger partial charge is 0.312 e. The van der Waals surface area contributed by atoms with E-state index >= 15 is 0 Å². The molecule has 0 N–H and O–H groups in total. The van der Waals surface area contributed by atoms with Crippen molar-refractivity contribution in [2.75, 3.05) is 18.2 Å². The van der Waals surface area contributed by atoms with Crippen LogP contribution in [0.5, 0.6) is 0 Å². The number of rotatable bonds is 2. The van der Waals surface area contributed by atoms with Crippen molar-refractivity contribution >= 4 is 51.2 Å². The summed E-state index contributed by atoms with van der Waals surface area (Å²) in [6.45, 7) is 2.68. The summed E-state index contributed by atoms with van der Waals surface area (Å²) in [5, 5.41) is 1.62. The summed E-state index contributed by atoms with van der Waals surface area (Å²) in [6.07, 6.45) is 3.34. The van der Waals surface area contributed by atoms with Gasteiger partial charge in [0, 0.05) is 28.2 Å². The summed E-state index contributed by atoms with van der Waals surface area (Å²) in [6, 6.07) is 8.32. The molecule has 9 heteroatoms. The first-order valence-electron chi connectivity index (χ1n) is 10.2. The maximum atomic E-state index is 14.6. The summed E-state index contributed by atoms with van der Waals surface area (Å²) in [7, 11) is 0. The number of aryl methyl sites for hydroxylation is 1. The van der Waals surface area contributed by atoms with Crippen LogP contribution in [-0.4, -0.2) is 35.0 Å². The molecule has 2 aromatic carbocycles. The first kappa shape index (κ1) is 22.4. The maximum Gasteiger partial charge on any atom is 0.434 e. The molecule has 166 valence electrons. The number of carbonyl (C=O) groups is 2. The highest BCUT2D eigenvalue weighted by molar-refractivity contribution is 14.1. The minimum Gasteiger partial charge on any atom is -0.312 e. The summed E-state index contributed by atoms with van der Waals surface area (Å²) in [5.74, 6) is -2.08. The number of likely N-dealkylation sites (tertiary alicyclic amines) is 1. The van der Waals surface area contributed by atoms with Crippen LogP contribution in [0.4, 0.5) is 19.4 Å². The van der Waals surface area contributed by atoms with Crippen LogP contribution in [0, 0.1) is 22.1 Å². The highest BCUT2D eigenvalue weighted by Crippen LogP contribution is 2.31. The van der Waals surface area contributed by atoms with Crippen LogP contribution in [0.15, 0.2) is 42.6 Å². The molecule has 1 fully saturated rings. The fraction of sp³-hybridized carbons (Fsp3) is 0.261. The first-order chi connectivity index (χ1) is 15.3. The Bertz CT molecular complexity index is 1200. The van der Waals surface area contributed by atoms with Gasteiger partial charge in [-0.05, 0) is 96.1 Å². The topological polar surface area (TPSA) is 62.7 Å². The zero-order valence-corrected chi connectivity index (χ0v) is 19.4. The van der Waals surface area contributed by atoms with Crippen molar-refractivity contribution in [3.63, 3.8) is 0 Å². The van der Waals surface area contributed by atoms with Crippen molar-refractivity contribution < 1.29 is 23.2 Å². The van der Waals surface area contributed by atoms with Crippen molar-refractivity contribution in [1.82, 2.24) is 9.88 Å². The van der Waals surface area contributed by atoms with Crippen LogP contribution in [0.1, 0.15) is 35.2 Å². The highest BCUT2D eigenvalue weighted by atomic mass is 127. The Morgan fingerprint density at radius 3 is 2.56 bits per heavy atom. The lowest BCUT2D eigenvalue weighted by molar-refractivity contribution is 0.0630. The van der Waals surface area contributed by atoms with E-state index in [1.165, 1.54) is 35.4 Å². The van der Waals surface area contributed by atoms with Gasteiger partial charge in [0.15, 0.2) is 5.82 Å². The van der Waals surface area contributed by atoms with Gasteiger partial charge in [-0.25, -0.2) is 18.6 Å². The number of hydrogen-bond acceptors (Lipinski definition) is 4. The van der Waals surface area contributed by atoms with Gasteiger partial charge < -0.3 is 9.74 Å². The molecule has 32 heavy (non-hydrogen) atoms. The molecule has 1 saturated heterocycles. The van der Waals surface area contributed by atoms with Crippen molar-refractivity contribution in [2.45, 2.75) is 26.2 Å². The number of halogens is 3. The number of hydroxylamine groups is 1. The third-order valence-corrected chi connectivity index (χ3v) is 6.00. The Kier molecular flexibility index (Phi) is 6.54. The number of nitrogens with zero attached hydrogens (tertiary/aromatic N) is 3. The number of hydrogen-bond donors (Lipinski definition) is 0. The van der Waals surface area contributed by atoms with Gasteiger partial charge in [0.2, 0.25) is 0 Å². The average molecular weight is 551 g/mol. The SMILES string of the molecule is Cc1cc(F)cc2ccnc(N(OC(=O)N3CCCCC3)C(=O)c3ccc(I)cc3F)c12. The average Bonchev–Trinajstić information content (AvgIpc) is 2.77. The molecular formula is C23H20F2IN3O3. The van der Waals surface area contributed by atoms with Crippen molar-refractivity contribution in [3.05, 3.63) is 68.9 Å². The molecule has 0 radical (unpaired) electrons. The molecule has 2 heterocycles. The second-order valence-electron chi connectivity index (χ2n) is 7.58. The summed E-state index contributed by atoms with van der Waals surface area (Å²) in [5.41, 5.74) is 0.230. The van der Waals surface area contributed by atoms with E-state index in [-0.39, 0.29) is 11.4 Å². The predicted octanol–water partition coefficient (Wildman–Crippen LogP) is 5.61. The standard InChI is InChI=1S/C23H20F2IN3O3/c1-14-11-16(24)12-15-7-8-27-21(20(14)15)29(32-23(31)28-9-3-2-4-10-28)22(30)18-6-5-17(26)13-19(18)25/h5-8,11-13H,2-4,9-10H2,1H3. The predicted molar refractivity (Wildman–Crippen MR) is 124 cm³/mol. The van der Waals surface area contributed by atoms with Gasteiger partial charge in [0.05, 0.1) is 5.56 Å². The van der Waals surface area contributed by atoms with E-state index in [1.54, 1.807) is 19.1 Å². The molecule has 3 aromatic rings. The van der Waals surface area contributed by atoms with Gasteiger partial charge in [-0.3, -0.25) is 4.79 Å². The van der Waals surface area contributed by atoms with E-state index in [2.05, 4.69) is 4.98 Å². The third kappa shape index (κ3) is 4.52. The molecule has 1 aliphatic heterocycles. The molecule has 0 bridgehead atoms. The van der Waals surface area contributed by atoms with E-state index in [9.17, 15) is 18.4 Å². The Morgan fingerprint density at radius 1 is 1.09 bits per heavy atom. The van der Waals surface area contributed by atoms with Crippen LogP contribution >= 0.6 is 22.6 Å². The molecule has 4 rings (SSSR count). The largest absolute Gasteiger partial charge is 0.434 e. The van der Waals surface area contributed by atoms with Crippen LogP contribution in [0.2, 0.25) is 0 Å². The minimum atomic E-state index is -0.881. The van der Waals surface area contributed by atoms with E-state index in [4.69, 9.17) is 4.84 Å². The molecule has 0 aliphatic carbocycles. The van der Waals surface area contributed by atoms with Gasteiger partial charge in [-0.1, -0.05) is 0 Å². The molecular weight excluding hydrogens is 531 g/mol. The zero-order valence-electron chi connectivity index (χ0n) is 17.3. The molecule has 0 atom stereocenters. The van der Waals surface area contributed by atoms with Crippen LogP contribution in [0.3, 0.4) is 0 Å². The van der Waals surface area contributed by atoms with E-state index in [0.717, 1.165) is 24.3 Å². The molecule has 1 aromatic heterocycles. The molecule has 2 amide bonds. The zero-order chi connectivity index (χ0) is 22.8. The van der Waals surface area contributed by atoms with Crippen LogP contribution in [-0.2, 0) is 4.84 Å². The number of benzene rings is 2. The van der Waals surface area contributed by atoms with Gasteiger partial charge in [-0.15, -0.1) is 5.06 Å². The minimum absolute atomic E-state index is 0.00619. The Hall–Kier alpha value is -2.82. The van der Waals surface area contributed by atoms with Gasteiger partial charge in [0.25, 0.3) is 5.91 Å². The highest BCUT2D eigenvalue weighted by Gasteiger charge is 2.30. The third-order valence-electron chi connectivity index (χ3n) is 5.33. The molecule has 0 spiro atoms. The van der Waals surface area contributed by atoms with Crippen molar-refractivity contribution in [3.8, 4) is 0 Å².